The maximum absolute atomic E-state index is 11.3. The maximum Gasteiger partial charge on any atom is 0.251 e. The summed E-state index contributed by atoms with van der Waals surface area (Å²) in [5.74, 6) is -0.113. The second-order valence-electron chi connectivity index (χ2n) is 3.14. The summed E-state index contributed by atoms with van der Waals surface area (Å²) in [6.45, 7) is 1.95. The van der Waals surface area contributed by atoms with Gasteiger partial charge in [0.25, 0.3) is 5.56 Å². The molecule has 1 aromatic heterocycles. The third kappa shape index (κ3) is 2.81. The lowest BCUT2D eigenvalue weighted by Gasteiger charge is -2.04. The van der Waals surface area contributed by atoms with Crippen molar-refractivity contribution >= 4 is 5.78 Å². The zero-order valence-electron chi connectivity index (χ0n) is 8.32. The Morgan fingerprint density at radius 2 is 2.29 bits per heavy atom. The number of aryl methyl sites for hydroxylation is 1. The molecule has 0 unspecified atom stereocenters. The predicted octanol–water partition coefficient (Wildman–Crippen LogP) is 0.372. The van der Waals surface area contributed by atoms with Crippen molar-refractivity contribution in [3.05, 3.63) is 34.2 Å². The molecule has 0 N–H and O–H groups in total. The quantitative estimate of drug-likeness (QED) is 0.697. The Bertz CT molecular complexity index is 381. The number of pyridine rings is 1. The summed E-state index contributed by atoms with van der Waals surface area (Å²) in [4.78, 5) is 22.5. The highest BCUT2D eigenvalue weighted by molar-refractivity contribution is 5.79. The van der Waals surface area contributed by atoms with Crippen LogP contribution in [0.25, 0.3) is 0 Å². The van der Waals surface area contributed by atoms with Crippen LogP contribution in [0.2, 0.25) is 0 Å². The molecule has 0 spiro atoms. The van der Waals surface area contributed by atoms with Gasteiger partial charge in [-0.1, -0.05) is 0 Å². The predicted molar refractivity (Wildman–Crippen MR) is 52.3 cm³/mol. The van der Waals surface area contributed by atoms with E-state index < -0.39 is 0 Å². The van der Waals surface area contributed by atoms with E-state index in [2.05, 4.69) is 4.74 Å². The minimum absolute atomic E-state index is 0.0420. The summed E-state index contributed by atoms with van der Waals surface area (Å²) >= 11 is 0. The van der Waals surface area contributed by atoms with Crippen LogP contribution in [0, 0.1) is 6.92 Å². The second kappa shape index (κ2) is 4.72. The summed E-state index contributed by atoms with van der Waals surface area (Å²) in [5.41, 5.74) is 0.736. The van der Waals surface area contributed by atoms with Crippen molar-refractivity contribution < 1.29 is 9.53 Å². The van der Waals surface area contributed by atoms with Crippen LogP contribution in [0.3, 0.4) is 0 Å². The lowest BCUT2D eigenvalue weighted by atomic mass is 10.3. The maximum atomic E-state index is 11.3. The van der Waals surface area contributed by atoms with Gasteiger partial charge in [-0.15, -0.1) is 0 Å². The lowest BCUT2D eigenvalue weighted by Crippen LogP contribution is -2.25. The van der Waals surface area contributed by atoms with Crippen LogP contribution in [-0.2, 0) is 16.1 Å². The van der Waals surface area contributed by atoms with E-state index in [-0.39, 0.29) is 24.5 Å². The van der Waals surface area contributed by atoms with Crippen molar-refractivity contribution in [1.29, 1.82) is 0 Å². The monoisotopic (exact) mass is 195 g/mol. The number of nitrogens with zero attached hydrogens (tertiary/aromatic N) is 1. The number of hydrogen-bond acceptors (Lipinski definition) is 3. The molecule has 14 heavy (non-hydrogen) atoms. The highest BCUT2D eigenvalue weighted by Crippen LogP contribution is 1.91. The number of methoxy groups -OCH3 is 1. The van der Waals surface area contributed by atoms with Crippen LogP contribution in [-0.4, -0.2) is 24.1 Å². The summed E-state index contributed by atoms with van der Waals surface area (Å²) in [7, 11) is 1.45. The van der Waals surface area contributed by atoms with Gasteiger partial charge in [0.05, 0.1) is 6.54 Å². The van der Waals surface area contributed by atoms with Crippen LogP contribution >= 0.6 is 0 Å². The molecular weight excluding hydrogens is 182 g/mol. The number of carbonyl (C=O) groups is 1. The zero-order chi connectivity index (χ0) is 10.6. The van der Waals surface area contributed by atoms with E-state index in [1.165, 1.54) is 17.7 Å². The molecule has 1 aromatic rings. The molecule has 0 amide bonds. The SMILES string of the molecule is COCC(=O)Cn1ccc(C)cc1=O. The first-order chi connectivity index (χ1) is 6.63. The van der Waals surface area contributed by atoms with Crippen molar-refractivity contribution in [2.45, 2.75) is 13.5 Å². The van der Waals surface area contributed by atoms with E-state index in [4.69, 9.17) is 0 Å². The Balaban J connectivity index is 2.77. The first kappa shape index (κ1) is 10.7. The van der Waals surface area contributed by atoms with E-state index in [1.54, 1.807) is 12.3 Å². The van der Waals surface area contributed by atoms with E-state index in [1.807, 2.05) is 6.92 Å². The number of rotatable bonds is 4. The van der Waals surface area contributed by atoms with Crippen molar-refractivity contribution in [1.82, 2.24) is 4.57 Å². The molecule has 0 saturated carbocycles. The molecule has 0 aromatic carbocycles. The van der Waals surface area contributed by atoms with Crippen LogP contribution in [0.1, 0.15) is 5.56 Å². The fourth-order valence-corrected chi connectivity index (χ4v) is 1.13. The number of aromatic nitrogens is 1. The first-order valence-electron chi connectivity index (χ1n) is 4.31. The van der Waals surface area contributed by atoms with E-state index in [9.17, 15) is 9.59 Å². The van der Waals surface area contributed by atoms with Gasteiger partial charge in [0, 0.05) is 19.4 Å². The summed E-state index contributed by atoms with van der Waals surface area (Å²) < 4.78 is 6.04. The standard InChI is InChI=1S/C10H13NO3/c1-8-3-4-11(10(13)5-8)6-9(12)7-14-2/h3-5H,6-7H2,1-2H3. The van der Waals surface area contributed by atoms with Crippen molar-refractivity contribution in [3.63, 3.8) is 0 Å². The zero-order valence-corrected chi connectivity index (χ0v) is 8.32. The molecule has 1 rings (SSSR count). The average molecular weight is 195 g/mol. The van der Waals surface area contributed by atoms with Gasteiger partial charge in [-0.3, -0.25) is 9.59 Å². The number of carbonyl (C=O) groups excluding carboxylic acids is 1. The minimum Gasteiger partial charge on any atom is -0.377 e. The Morgan fingerprint density at radius 1 is 1.57 bits per heavy atom. The lowest BCUT2D eigenvalue weighted by molar-refractivity contribution is -0.123. The van der Waals surface area contributed by atoms with E-state index in [0.29, 0.717) is 0 Å². The molecule has 0 atom stereocenters. The van der Waals surface area contributed by atoms with Gasteiger partial charge in [-0.2, -0.15) is 0 Å². The molecule has 0 bridgehead atoms. The Labute approximate surface area is 82.1 Å². The first-order valence-corrected chi connectivity index (χ1v) is 4.31. The van der Waals surface area contributed by atoms with Gasteiger partial charge in [-0.05, 0) is 18.6 Å². The molecule has 4 nitrogen and oxygen atoms in total. The number of hydrogen-bond donors (Lipinski definition) is 0. The van der Waals surface area contributed by atoms with Gasteiger partial charge in [-0.25, -0.2) is 0 Å². The largest absolute Gasteiger partial charge is 0.377 e. The molecule has 0 aliphatic rings. The molecule has 0 fully saturated rings. The van der Waals surface area contributed by atoms with Crippen LogP contribution in [0.5, 0.6) is 0 Å². The van der Waals surface area contributed by atoms with E-state index >= 15 is 0 Å². The fraction of sp³-hybridized carbons (Fsp3) is 0.400. The highest BCUT2D eigenvalue weighted by atomic mass is 16.5. The van der Waals surface area contributed by atoms with Gasteiger partial charge in [0.2, 0.25) is 0 Å². The van der Waals surface area contributed by atoms with Gasteiger partial charge in [0.15, 0.2) is 5.78 Å². The van der Waals surface area contributed by atoms with Crippen molar-refractivity contribution in [2.75, 3.05) is 13.7 Å². The Hall–Kier alpha value is -1.42. The van der Waals surface area contributed by atoms with Crippen LogP contribution in [0.4, 0.5) is 0 Å². The molecule has 76 valence electrons. The second-order valence-corrected chi connectivity index (χ2v) is 3.14. The van der Waals surface area contributed by atoms with Crippen LogP contribution in [0.15, 0.2) is 23.1 Å². The number of ketones is 1. The van der Waals surface area contributed by atoms with Crippen molar-refractivity contribution in [2.24, 2.45) is 0 Å². The van der Waals surface area contributed by atoms with Crippen LogP contribution < -0.4 is 5.56 Å². The van der Waals surface area contributed by atoms with E-state index in [0.717, 1.165) is 5.56 Å². The van der Waals surface area contributed by atoms with Gasteiger partial charge < -0.3 is 9.30 Å². The summed E-state index contributed by atoms with van der Waals surface area (Å²) in [6.07, 6.45) is 1.62. The molecule has 0 radical (unpaired) electrons. The third-order valence-electron chi connectivity index (χ3n) is 1.80. The average Bonchev–Trinajstić information content (AvgIpc) is 2.10. The molecule has 0 aliphatic heterocycles. The minimum atomic E-state index is -0.158. The number of Topliss-reactive ketones (excluding diaryl/α,β-unsaturated/α-hetero) is 1. The Kier molecular flexibility index (Phi) is 3.59. The molecular formula is C10H13NO3. The third-order valence-corrected chi connectivity index (χ3v) is 1.80. The molecule has 0 saturated heterocycles. The highest BCUT2D eigenvalue weighted by Gasteiger charge is 2.03. The number of ether oxygens (including phenoxy) is 1. The van der Waals surface area contributed by atoms with Gasteiger partial charge >= 0.3 is 0 Å². The Morgan fingerprint density at radius 3 is 2.86 bits per heavy atom. The molecule has 4 heteroatoms. The fourth-order valence-electron chi connectivity index (χ4n) is 1.13. The normalized spacial score (nSPS) is 10.1. The van der Waals surface area contributed by atoms with Gasteiger partial charge in [0.1, 0.15) is 6.61 Å². The smallest absolute Gasteiger partial charge is 0.251 e. The van der Waals surface area contributed by atoms with Crippen molar-refractivity contribution in [3.8, 4) is 0 Å². The topological polar surface area (TPSA) is 48.3 Å². The molecule has 1 heterocycles. The summed E-state index contributed by atoms with van der Waals surface area (Å²) in [6, 6.07) is 3.29. The molecule has 0 aliphatic carbocycles. The summed E-state index contributed by atoms with van der Waals surface area (Å²) in [5, 5.41) is 0.